The summed E-state index contributed by atoms with van der Waals surface area (Å²) in [6.45, 7) is 2.90. The van der Waals surface area contributed by atoms with E-state index in [9.17, 15) is 4.79 Å². The molecule has 1 saturated heterocycles. The van der Waals surface area contributed by atoms with Crippen LogP contribution < -0.4 is 4.90 Å². The van der Waals surface area contributed by atoms with Crippen LogP contribution in [0, 0.1) is 0 Å². The summed E-state index contributed by atoms with van der Waals surface area (Å²) < 4.78 is 5.29. The van der Waals surface area contributed by atoms with Crippen molar-refractivity contribution in [1.29, 1.82) is 0 Å². The minimum atomic E-state index is -0.881. The second kappa shape index (κ2) is 6.01. The molecule has 2 heterocycles. The number of hydrogen-bond acceptors (Lipinski definition) is 6. The van der Waals surface area contributed by atoms with Crippen LogP contribution >= 0.6 is 11.8 Å². The van der Waals surface area contributed by atoms with Crippen molar-refractivity contribution in [2.24, 2.45) is 0 Å². The number of ether oxygens (including phenoxy) is 1. The first-order valence-electron chi connectivity index (χ1n) is 5.65. The Morgan fingerprint density at radius 1 is 1.50 bits per heavy atom. The maximum atomic E-state index is 10.8. The van der Waals surface area contributed by atoms with Gasteiger partial charge in [-0.15, -0.1) is 0 Å². The standard InChI is InChI=1S/C11H15N3O3S/c1-18-11-12-8(7-10(15)16)6-9(13-11)14-2-4-17-5-3-14/h6H,2-5,7H2,1H3,(H,15,16). The Morgan fingerprint density at radius 2 is 2.22 bits per heavy atom. The second-order valence-corrected chi connectivity index (χ2v) is 4.65. The molecule has 1 N–H and O–H groups in total. The fourth-order valence-electron chi connectivity index (χ4n) is 1.75. The summed E-state index contributed by atoms with van der Waals surface area (Å²) in [7, 11) is 0. The molecule has 7 heteroatoms. The summed E-state index contributed by atoms with van der Waals surface area (Å²) in [6.07, 6.45) is 1.80. The first-order valence-corrected chi connectivity index (χ1v) is 6.88. The minimum Gasteiger partial charge on any atom is -0.481 e. The maximum Gasteiger partial charge on any atom is 0.309 e. The molecular weight excluding hydrogens is 254 g/mol. The van der Waals surface area contributed by atoms with Gasteiger partial charge in [-0.05, 0) is 6.26 Å². The molecule has 1 aliphatic heterocycles. The number of thioether (sulfide) groups is 1. The number of carboxylic acid groups (broad SMARTS) is 1. The van der Waals surface area contributed by atoms with Crippen molar-refractivity contribution in [1.82, 2.24) is 9.97 Å². The van der Waals surface area contributed by atoms with Crippen LogP contribution in [0.5, 0.6) is 0 Å². The molecule has 0 unspecified atom stereocenters. The lowest BCUT2D eigenvalue weighted by atomic mass is 10.3. The fraction of sp³-hybridized carbons (Fsp3) is 0.545. The zero-order chi connectivity index (χ0) is 13.0. The van der Waals surface area contributed by atoms with Crippen LogP contribution in [0.3, 0.4) is 0 Å². The van der Waals surface area contributed by atoms with Gasteiger partial charge in [-0.1, -0.05) is 11.8 Å². The summed E-state index contributed by atoms with van der Waals surface area (Å²) in [4.78, 5) is 21.5. The fourth-order valence-corrected chi connectivity index (χ4v) is 2.14. The summed E-state index contributed by atoms with van der Waals surface area (Å²) >= 11 is 1.42. The SMILES string of the molecule is CSc1nc(CC(=O)O)cc(N2CCOCC2)n1. The molecule has 2 rings (SSSR count). The average molecular weight is 269 g/mol. The molecule has 0 saturated carbocycles. The van der Waals surface area contributed by atoms with Gasteiger partial charge in [0, 0.05) is 19.2 Å². The Morgan fingerprint density at radius 3 is 2.83 bits per heavy atom. The van der Waals surface area contributed by atoms with Crippen LogP contribution in [-0.4, -0.2) is 53.6 Å². The number of morpholine rings is 1. The first-order chi connectivity index (χ1) is 8.69. The molecule has 0 aromatic carbocycles. The van der Waals surface area contributed by atoms with Crippen molar-refractivity contribution < 1.29 is 14.6 Å². The average Bonchev–Trinajstić information content (AvgIpc) is 2.38. The summed E-state index contributed by atoms with van der Waals surface area (Å²) in [5.41, 5.74) is 0.545. The normalized spacial score (nSPS) is 15.7. The highest BCUT2D eigenvalue weighted by atomic mass is 32.2. The molecule has 98 valence electrons. The van der Waals surface area contributed by atoms with Gasteiger partial charge in [-0.2, -0.15) is 0 Å². The molecule has 0 bridgehead atoms. The van der Waals surface area contributed by atoms with Gasteiger partial charge < -0.3 is 14.7 Å². The Bertz CT molecular complexity index is 436. The smallest absolute Gasteiger partial charge is 0.309 e. The number of aliphatic carboxylic acids is 1. The van der Waals surface area contributed by atoms with Crippen molar-refractivity contribution >= 4 is 23.5 Å². The zero-order valence-electron chi connectivity index (χ0n) is 10.1. The van der Waals surface area contributed by atoms with Crippen LogP contribution in [0.1, 0.15) is 5.69 Å². The van der Waals surface area contributed by atoms with E-state index >= 15 is 0 Å². The predicted molar refractivity (Wildman–Crippen MR) is 68.2 cm³/mol. The molecule has 0 amide bonds. The van der Waals surface area contributed by atoms with Gasteiger partial charge >= 0.3 is 5.97 Å². The topological polar surface area (TPSA) is 75.5 Å². The van der Waals surface area contributed by atoms with Crippen LogP contribution in [0.15, 0.2) is 11.2 Å². The minimum absolute atomic E-state index is 0.0760. The van der Waals surface area contributed by atoms with Crippen LogP contribution in [0.2, 0.25) is 0 Å². The molecule has 1 aromatic rings. The molecule has 0 spiro atoms. The highest BCUT2D eigenvalue weighted by molar-refractivity contribution is 7.98. The first kappa shape index (κ1) is 13.1. The molecule has 1 aromatic heterocycles. The van der Waals surface area contributed by atoms with E-state index in [-0.39, 0.29) is 6.42 Å². The van der Waals surface area contributed by atoms with Gasteiger partial charge in [0.1, 0.15) is 5.82 Å². The highest BCUT2D eigenvalue weighted by Crippen LogP contribution is 2.19. The van der Waals surface area contributed by atoms with Crippen molar-refractivity contribution in [2.45, 2.75) is 11.6 Å². The monoisotopic (exact) mass is 269 g/mol. The molecule has 18 heavy (non-hydrogen) atoms. The van der Waals surface area contributed by atoms with E-state index in [2.05, 4.69) is 14.9 Å². The lowest BCUT2D eigenvalue weighted by Crippen LogP contribution is -2.37. The Hall–Kier alpha value is -1.34. The number of carbonyl (C=O) groups is 1. The number of carboxylic acids is 1. The number of nitrogens with zero attached hydrogens (tertiary/aromatic N) is 3. The maximum absolute atomic E-state index is 10.8. The van der Waals surface area contributed by atoms with Gasteiger partial charge in [-0.25, -0.2) is 9.97 Å². The number of hydrogen-bond donors (Lipinski definition) is 1. The van der Waals surface area contributed by atoms with E-state index in [0.29, 0.717) is 24.1 Å². The lowest BCUT2D eigenvalue weighted by Gasteiger charge is -2.28. The zero-order valence-corrected chi connectivity index (χ0v) is 10.9. The van der Waals surface area contributed by atoms with Gasteiger partial charge in [0.15, 0.2) is 5.16 Å². The quantitative estimate of drug-likeness (QED) is 0.635. The summed E-state index contributed by atoms with van der Waals surface area (Å²) in [5.74, 6) is -0.0948. The summed E-state index contributed by atoms with van der Waals surface area (Å²) in [5, 5.41) is 9.44. The molecule has 0 atom stereocenters. The number of rotatable bonds is 4. The highest BCUT2D eigenvalue weighted by Gasteiger charge is 2.15. The predicted octanol–water partition coefficient (Wildman–Crippen LogP) is 0.662. The van der Waals surface area contributed by atoms with E-state index in [4.69, 9.17) is 9.84 Å². The van der Waals surface area contributed by atoms with Crippen molar-refractivity contribution in [3.05, 3.63) is 11.8 Å². The third-order valence-electron chi connectivity index (χ3n) is 2.60. The van der Waals surface area contributed by atoms with Gasteiger partial charge in [0.2, 0.25) is 0 Å². The molecule has 0 aliphatic carbocycles. The van der Waals surface area contributed by atoms with E-state index in [1.165, 1.54) is 11.8 Å². The van der Waals surface area contributed by atoms with E-state index in [1.807, 2.05) is 6.26 Å². The molecule has 1 aliphatic rings. The van der Waals surface area contributed by atoms with Crippen LogP contribution in [-0.2, 0) is 16.0 Å². The van der Waals surface area contributed by atoms with Crippen molar-refractivity contribution in [3.8, 4) is 0 Å². The van der Waals surface area contributed by atoms with E-state index in [0.717, 1.165) is 18.9 Å². The van der Waals surface area contributed by atoms with Crippen LogP contribution in [0.25, 0.3) is 0 Å². The molecule has 0 radical (unpaired) electrons. The molecule has 1 fully saturated rings. The van der Waals surface area contributed by atoms with E-state index < -0.39 is 5.97 Å². The van der Waals surface area contributed by atoms with Gasteiger partial charge in [0.25, 0.3) is 0 Å². The van der Waals surface area contributed by atoms with Crippen molar-refractivity contribution in [2.75, 3.05) is 37.5 Å². The van der Waals surface area contributed by atoms with Crippen molar-refractivity contribution in [3.63, 3.8) is 0 Å². The van der Waals surface area contributed by atoms with Gasteiger partial charge in [-0.3, -0.25) is 4.79 Å². The third-order valence-corrected chi connectivity index (χ3v) is 3.14. The Kier molecular flexibility index (Phi) is 4.38. The third kappa shape index (κ3) is 3.33. The summed E-state index contributed by atoms with van der Waals surface area (Å²) in [6, 6.07) is 1.75. The lowest BCUT2D eigenvalue weighted by molar-refractivity contribution is -0.136. The molecular formula is C11H15N3O3S. The largest absolute Gasteiger partial charge is 0.481 e. The second-order valence-electron chi connectivity index (χ2n) is 3.87. The number of anilines is 1. The van der Waals surface area contributed by atoms with Crippen LogP contribution in [0.4, 0.5) is 5.82 Å². The van der Waals surface area contributed by atoms with Gasteiger partial charge in [0.05, 0.1) is 25.3 Å². The van der Waals surface area contributed by atoms with E-state index in [1.54, 1.807) is 6.07 Å². The Labute approximate surface area is 109 Å². The Balaban J connectivity index is 2.24. The number of aromatic nitrogens is 2. The molecule has 6 nitrogen and oxygen atoms in total.